The molecule has 0 aliphatic carbocycles. The fourth-order valence-electron chi connectivity index (χ4n) is 4.38. The summed E-state index contributed by atoms with van der Waals surface area (Å²) in [6, 6.07) is 19.7. The average Bonchev–Trinajstić information content (AvgIpc) is 3.46. The largest absolute Gasteiger partial charge is 0.419 e. The lowest BCUT2D eigenvalue weighted by Crippen LogP contribution is -2.35. The van der Waals surface area contributed by atoms with Crippen molar-refractivity contribution >= 4 is 0 Å². The lowest BCUT2D eigenvalue weighted by atomic mass is 9.87. The summed E-state index contributed by atoms with van der Waals surface area (Å²) in [5.74, 6) is 1.91. The molecule has 2 aromatic heterocycles. The van der Waals surface area contributed by atoms with Crippen LogP contribution in [-0.4, -0.2) is 38.4 Å². The number of rotatable bonds is 6. The summed E-state index contributed by atoms with van der Waals surface area (Å²) in [4.78, 5) is 2.30. The van der Waals surface area contributed by atoms with Crippen LogP contribution in [0.25, 0.3) is 22.7 Å². The van der Waals surface area contributed by atoms with Crippen LogP contribution < -0.4 is 0 Å². The predicted molar refractivity (Wildman–Crippen MR) is 119 cm³/mol. The second-order valence-corrected chi connectivity index (χ2v) is 8.30. The maximum atomic E-state index is 10.7. The quantitative estimate of drug-likeness (QED) is 0.476. The average molecular weight is 431 g/mol. The van der Waals surface area contributed by atoms with E-state index in [9.17, 15) is 5.11 Å². The molecule has 0 radical (unpaired) electrons. The second-order valence-electron chi connectivity index (χ2n) is 8.30. The third-order valence-corrected chi connectivity index (χ3v) is 6.17. The van der Waals surface area contributed by atoms with E-state index in [2.05, 4.69) is 20.3 Å². The van der Waals surface area contributed by atoms with Crippen molar-refractivity contribution in [3.05, 3.63) is 77.9 Å². The van der Waals surface area contributed by atoms with Gasteiger partial charge in [-0.05, 0) is 44.3 Å². The molecule has 0 saturated carbocycles. The van der Waals surface area contributed by atoms with Crippen molar-refractivity contribution in [2.45, 2.75) is 32.4 Å². The molecule has 32 heavy (non-hydrogen) atoms. The van der Waals surface area contributed by atoms with E-state index in [1.165, 1.54) is 0 Å². The molecule has 0 amide bonds. The van der Waals surface area contributed by atoms with Crippen LogP contribution in [0.2, 0.25) is 0 Å². The van der Waals surface area contributed by atoms with Gasteiger partial charge in [0.25, 0.3) is 5.89 Å². The summed E-state index contributed by atoms with van der Waals surface area (Å²) in [5.41, 5.74) is 3.37. The van der Waals surface area contributed by atoms with E-state index in [0.29, 0.717) is 29.8 Å². The van der Waals surface area contributed by atoms with E-state index in [-0.39, 0.29) is 5.92 Å². The molecule has 1 aliphatic heterocycles. The van der Waals surface area contributed by atoms with Crippen molar-refractivity contribution in [3.8, 4) is 22.7 Å². The molecule has 3 heterocycles. The first-order chi connectivity index (χ1) is 15.7. The third kappa shape index (κ3) is 4.22. The number of likely N-dealkylation sites (tertiary alicyclic amines) is 1. The number of aryl methyl sites for hydroxylation is 1. The van der Waals surface area contributed by atoms with Crippen LogP contribution in [0.4, 0.5) is 0 Å². The fraction of sp³-hybridized carbons (Fsp3) is 0.320. The highest BCUT2D eigenvalue weighted by Gasteiger charge is 2.27. The highest BCUT2D eigenvalue weighted by Crippen LogP contribution is 2.34. The van der Waals surface area contributed by atoms with Crippen LogP contribution in [0.1, 0.15) is 36.2 Å². The van der Waals surface area contributed by atoms with Crippen LogP contribution in [0.15, 0.2) is 69.6 Å². The van der Waals surface area contributed by atoms with Gasteiger partial charge in [0.2, 0.25) is 5.89 Å². The molecule has 0 spiro atoms. The Morgan fingerprint density at radius 2 is 1.69 bits per heavy atom. The van der Waals surface area contributed by atoms with Gasteiger partial charge in [0.1, 0.15) is 17.0 Å². The van der Waals surface area contributed by atoms with Gasteiger partial charge in [-0.2, -0.15) is 0 Å². The van der Waals surface area contributed by atoms with Gasteiger partial charge in [0, 0.05) is 5.56 Å². The standard InChI is InChI=1S/C25H26N4O3/c1-17-22(23(28-32-17)18-8-4-2-5-9-18)25-27-26-21(31-25)16-29-14-12-20(13-15-29)24(30)19-10-6-3-7-11-19/h2-11,20,24,30H,12-16H2,1H3. The summed E-state index contributed by atoms with van der Waals surface area (Å²) in [6.07, 6.45) is 1.45. The number of aromatic nitrogens is 3. The minimum absolute atomic E-state index is 0.264. The van der Waals surface area contributed by atoms with E-state index in [4.69, 9.17) is 8.94 Å². The van der Waals surface area contributed by atoms with Gasteiger partial charge >= 0.3 is 0 Å². The minimum Gasteiger partial charge on any atom is -0.419 e. The summed E-state index contributed by atoms with van der Waals surface area (Å²) in [5, 5.41) is 23.4. The second kappa shape index (κ2) is 9.06. The maximum Gasteiger partial charge on any atom is 0.253 e. The molecule has 0 bridgehead atoms. The molecular formula is C25H26N4O3. The molecule has 164 valence electrons. The van der Waals surface area contributed by atoms with E-state index >= 15 is 0 Å². The van der Waals surface area contributed by atoms with Gasteiger partial charge < -0.3 is 14.0 Å². The fourth-order valence-corrected chi connectivity index (χ4v) is 4.38. The molecule has 7 heteroatoms. The Morgan fingerprint density at radius 3 is 2.41 bits per heavy atom. The maximum absolute atomic E-state index is 10.7. The summed E-state index contributed by atoms with van der Waals surface area (Å²) in [7, 11) is 0. The Morgan fingerprint density at radius 1 is 1.00 bits per heavy atom. The Hall–Kier alpha value is -3.29. The van der Waals surface area contributed by atoms with Crippen LogP contribution in [-0.2, 0) is 6.54 Å². The Bertz CT molecular complexity index is 1150. The van der Waals surface area contributed by atoms with Crippen LogP contribution in [0, 0.1) is 12.8 Å². The van der Waals surface area contributed by atoms with Crippen LogP contribution in [0.3, 0.4) is 0 Å². The molecular weight excluding hydrogens is 404 g/mol. The third-order valence-electron chi connectivity index (χ3n) is 6.17. The molecule has 1 aliphatic rings. The molecule has 2 aromatic carbocycles. The Labute approximate surface area is 186 Å². The summed E-state index contributed by atoms with van der Waals surface area (Å²) in [6.45, 7) is 4.20. The van der Waals surface area contributed by atoms with Crippen molar-refractivity contribution < 1.29 is 14.0 Å². The summed E-state index contributed by atoms with van der Waals surface area (Å²) >= 11 is 0. The molecule has 1 atom stereocenters. The van der Waals surface area contributed by atoms with Crippen LogP contribution >= 0.6 is 0 Å². The number of piperidine rings is 1. The monoisotopic (exact) mass is 430 g/mol. The minimum atomic E-state index is -0.415. The predicted octanol–water partition coefficient (Wildman–Crippen LogP) is 4.65. The Balaban J connectivity index is 1.24. The van der Waals surface area contributed by atoms with E-state index < -0.39 is 6.10 Å². The van der Waals surface area contributed by atoms with E-state index in [1.54, 1.807) is 0 Å². The van der Waals surface area contributed by atoms with Gasteiger partial charge in [-0.3, -0.25) is 4.90 Å². The molecule has 4 aromatic rings. The topological polar surface area (TPSA) is 88.4 Å². The first-order valence-electron chi connectivity index (χ1n) is 11.0. The molecule has 1 N–H and O–H groups in total. The zero-order valence-electron chi connectivity index (χ0n) is 18.0. The van der Waals surface area contributed by atoms with Crippen LogP contribution in [0.5, 0.6) is 0 Å². The van der Waals surface area contributed by atoms with Gasteiger partial charge in [0.15, 0.2) is 0 Å². The Kier molecular flexibility index (Phi) is 5.83. The lowest BCUT2D eigenvalue weighted by Gasteiger charge is -2.33. The molecule has 1 saturated heterocycles. The molecule has 1 unspecified atom stereocenters. The van der Waals surface area contributed by atoms with Crippen molar-refractivity contribution in [2.24, 2.45) is 5.92 Å². The first-order valence-corrected chi connectivity index (χ1v) is 11.0. The van der Waals surface area contributed by atoms with E-state index in [1.807, 2.05) is 67.6 Å². The highest BCUT2D eigenvalue weighted by molar-refractivity contribution is 5.77. The molecule has 7 nitrogen and oxygen atoms in total. The highest BCUT2D eigenvalue weighted by atomic mass is 16.5. The van der Waals surface area contributed by atoms with Gasteiger partial charge in [-0.15, -0.1) is 10.2 Å². The van der Waals surface area contributed by atoms with Gasteiger partial charge in [-0.25, -0.2) is 0 Å². The zero-order chi connectivity index (χ0) is 21.9. The zero-order valence-corrected chi connectivity index (χ0v) is 18.0. The summed E-state index contributed by atoms with van der Waals surface area (Å²) < 4.78 is 11.4. The van der Waals surface area contributed by atoms with Crippen molar-refractivity contribution in [1.29, 1.82) is 0 Å². The smallest absolute Gasteiger partial charge is 0.253 e. The number of aliphatic hydroxyl groups is 1. The number of hydrogen-bond donors (Lipinski definition) is 1. The lowest BCUT2D eigenvalue weighted by molar-refractivity contribution is 0.0544. The molecule has 5 rings (SSSR count). The number of aliphatic hydroxyl groups excluding tert-OH is 1. The molecule has 1 fully saturated rings. The van der Waals surface area contributed by atoms with E-state index in [0.717, 1.165) is 42.6 Å². The normalized spacial score (nSPS) is 16.3. The van der Waals surface area contributed by atoms with Gasteiger partial charge in [-0.1, -0.05) is 65.8 Å². The van der Waals surface area contributed by atoms with Crippen molar-refractivity contribution in [2.75, 3.05) is 13.1 Å². The van der Waals surface area contributed by atoms with Gasteiger partial charge in [0.05, 0.1) is 12.6 Å². The SMILES string of the molecule is Cc1onc(-c2ccccc2)c1-c1nnc(CN2CCC(C(O)c3ccccc3)CC2)o1. The first kappa shape index (κ1) is 20.6. The number of nitrogens with zero attached hydrogens (tertiary/aromatic N) is 4. The van der Waals surface area contributed by atoms with Crippen molar-refractivity contribution in [3.63, 3.8) is 0 Å². The number of benzene rings is 2. The van der Waals surface area contributed by atoms with Crippen molar-refractivity contribution in [1.82, 2.24) is 20.3 Å². The number of hydrogen-bond acceptors (Lipinski definition) is 7.